The summed E-state index contributed by atoms with van der Waals surface area (Å²) in [5.74, 6) is 0.536. The summed E-state index contributed by atoms with van der Waals surface area (Å²) in [6, 6.07) is 4.54. The van der Waals surface area contributed by atoms with Gasteiger partial charge in [0.25, 0.3) is 0 Å². The van der Waals surface area contributed by atoms with Gasteiger partial charge in [-0.3, -0.25) is 4.79 Å². The van der Waals surface area contributed by atoms with E-state index >= 15 is 0 Å². The second-order valence-electron chi connectivity index (χ2n) is 4.36. The minimum Gasteiger partial charge on any atom is -0.480 e. The van der Waals surface area contributed by atoms with Crippen molar-refractivity contribution in [1.82, 2.24) is 5.32 Å². The molecular weight excluding hydrogens is 261 g/mol. The Bertz CT molecular complexity index is 505. The van der Waals surface area contributed by atoms with Crippen molar-refractivity contribution in [1.29, 1.82) is 0 Å². The van der Waals surface area contributed by atoms with Crippen LogP contribution in [0.5, 0.6) is 0 Å². The third kappa shape index (κ3) is 5.53. The zero-order chi connectivity index (χ0) is 15.0. The van der Waals surface area contributed by atoms with Crippen molar-refractivity contribution in [3.05, 3.63) is 35.6 Å². The average Bonchev–Trinajstić information content (AvgIpc) is 2.40. The average molecular weight is 277 g/mol. The van der Waals surface area contributed by atoms with Crippen LogP contribution < -0.4 is 5.32 Å². The molecule has 0 aromatic heterocycles. The number of hydrogen-bond donors (Lipinski definition) is 2. The highest BCUT2D eigenvalue weighted by atomic mass is 19.1. The van der Waals surface area contributed by atoms with E-state index in [1.54, 1.807) is 0 Å². The summed E-state index contributed by atoms with van der Waals surface area (Å²) in [6.45, 7) is 0. The molecule has 20 heavy (non-hydrogen) atoms. The third-order valence-corrected chi connectivity index (χ3v) is 2.73. The van der Waals surface area contributed by atoms with Gasteiger partial charge in [-0.25, -0.2) is 9.18 Å². The van der Waals surface area contributed by atoms with Crippen molar-refractivity contribution < 1.29 is 19.1 Å². The Morgan fingerprint density at radius 2 is 2.00 bits per heavy atom. The lowest BCUT2D eigenvalue weighted by Crippen LogP contribution is -2.41. The van der Waals surface area contributed by atoms with E-state index in [-0.39, 0.29) is 18.7 Å². The van der Waals surface area contributed by atoms with Crippen LogP contribution in [-0.4, -0.2) is 23.0 Å². The first kappa shape index (κ1) is 15.7. The highest BCUT2D eigenvalue weighted by Gasteiger charge is 2.19. The molecule has 0 saturated heterocycles. The highest BCUT2D eigenvalue weighted by molar-refractivity contribution is 5.84. The van der Waals surface area contributed by atoms with Gasteiger partial charge in [0.1, 0.15) is 11.9 Å². The Balaban J connectivity index is 2.51. The zero-order valence-electron chi connectivity index (χ0n) is 10.9. The molecule has 4 nitrogen and oxygen atoms in total. The number of benzene rings is 1. The highest BCUT2D eigenvalue weighted by Crippen LogP contribution is 2.05. The molecule has 0 unspecified atom stereocenters. The molecule has 0 aliphatic carbocycles. The van der Waals surface area contributed by atoms with Crippen molar-refractivity contribution in [2.75, 3.05) is 0 Å². The van der Waals surface area contributed by atoms with Crippen LogP contribution in [0.3, 0.4) is 0 Å². The predicted molar refractivity (Wildman–Crippen MR) is 72.4 cm³/mol. The van der Waals surface area contributed by atoms with Crippen LogP contribution in [-0.2, 0) is 16.0 Å². The van der Waals surface area contributed by atoms with Crippen LogP contribution >= 0.6 is 0 Å². The van der Waals surface area contributed by atoms with E-state index in [1.165, 1.54) is 24.3 Å². The first-order chi connectivity index (χ1) is 9.52. The lowest BCUT2D eigenvalue weighted by atomic mass is 10.1. The fourth-order valence-corrected chi connectivity index (χ4v) is 1.70. The van der Waals surface area contributed by atoms with Crippen LogP contribution in [0.25, 0.3) is 0 Å². The van der Waals surface area contributed by atoms with Crippen LogP contribution in [0, 0.1) is 18.2 Å². The summed E-state index contributed by atoms with van der Waals surface area (Å²) >= 11 is 0. The van der Waals surface area contributed by atoms with Gasteiger partial charge in [0.15, 0.2) is 0 Å². The van der Waals surface area contributed by atoms with Crippen LogP contribution in [0.1, 0.15) is 24.8 Å². The summed E-state index contributed by atoms with van der Waals surface area (Å²) in [5.41, 5.74) is 0.622. The standard InChI is InChI=1S/C15H16FNO3/c1-2-3-4-5-13(15(19)20)17-14(18)10-11-6-8-12(16)9-7-11/h1,6-9,13H,3-5,10H2,(H,17,18)(H,19,20)/t13-/m1/s1. The van der Waals surface area contributed by atoms with Crippen molar-refractivity contribution in [2.24, 2.45) is 0 Å². The van der Waals surface area contributed by atoms with E-state index in [4.69, 9.17) is 11.5 Å². The molecule has 1 aromatic rings. The van der Waals surface area contributed by atoms with Gasteiger partial charge in [0, 0.05) is 6.42 Å². The molecule has 1 rings (SSSR count). The Hall–Kier alpha value is -2.35. The van der Waals surface area contributed by atoms with Crippen molar-refractivity contribution in [3.8, 4) is 12.3 Å². The number of carbonyl (C=O) groups excluding carboxylic acids is 1. The quantitative estimate of drug-likeness (QED) is 0.589. The smallest absolute Gasteiger partial charge is 0.326 e. The van der Waals surface area contributed by atoms with Gasteiger partial charge in [-0.05, 0) is 30.5 Å². The SMILES string of the molecule is C#CCCC[C@@H](NC(=O)Cc1ccc(F)cc1)C(=O)O. The maximum Gasteiger partial charge on any atom is 0.326 e. The second-order valence-corrected chi connectivity index (χ2v) is 4.36. The molecule has 1 amide bonds. The lowest BCUT2D eigenvalue weighted by molar-refractivity contribution is -0.141. The van der Waals surface area contributed by atoms with Gasteiger partial charge in [0.05, 0.1) is 6.42 Å². The maximum absolute atomic E-state index is 12.7. The van der Waals surface area contributed by atoms with E-state index < -0.39 is 17.9 Å². The molecule has 5 heteroatoms. The number of hydrogen-bond acceptors (Lipinski definition) is 2. The Morgan fingerprint density at radius 3 is 2.55 bits per heavy atom. The van der Waals surface area contributed by atoms with Gasteiger partial charge in [-0.15, -0.1) is 12.3 Å². The first-order valence-corrected chi connectivity index (χ1v) is 6.23. The van der Waals surface area contributed by atoms with Crippen LogP contribution in [0.4, 0.5) is 4.39 Å². The molecule has 0 saturated carbocycles. The summed E-state index contributed by atoms with van der Waals surface area (Å²) in [7, 11) is 0. The van der Waals surface area contributed by atoms with E-state index in [0.29, 0.717) is 18.4 Å². The van der Waals surface area contributed by atoms with Gasteiger partial charge >= 0.3 is 5.97 Å². The number of aliphatic carboxylic acids is 1. The molecular formula is C15H16FNO3. The molecule has 0 fully saturated rings. The number of rotatable bonds is 7. The summed E-state index contributed by atoms with van der Waals surface area (Å²) in [6.07, 6.45) is 6.39. The number of halogens is 1. The van der Waals surface area contributed by atoms with E-state index in [2.05, 4.69) is 11.2 Å². The normalized spacial score (nSPS) is 11.4. The number of carboxylic acid groups (broad SMARTS) is 1. The molecule has 106 valence electrons. The molecule has 0 aliphatic heterocycles. The van der Waals surface area contributed by atoms with Gasteiger partial charge in [-0.1, -0.05) is 12.1 Å². The molecule has 0 heterocycles. The number of unbranched alkanes of at least 4 members (excludes halogenated alkanes) is 1. The van der Waals surface area contributed by atoms with Crippen molar-refractivity contribution >= 4 is 11.9 Å². The number of amides is 1. The summed E-state index contributed by atoms with van der Waals surface area (Å²) in [5, 5.41) is 11.4. The van der Waals surface area contributed by atoms with Gasteiger partial charge in [-0.2, -0.15) is 0 Å². The van der Waals surface area contributed by atoms with Gasteiger partial charge in [0.2, 0.25) is 5.91 Å². The van der Waals surface area contributed by atoms with Crippen molar-refractivity contribution in [2.45, 2.75) is 31.7 Å². The monoisotopic (exact) mass is 277 g/mol. The largest absolute Gasteiger partial charge is 0.480 e. The number of carbonyl (C=O) groups is 2. The minimum atomic E-state index is -1.09. The fourth-order valence-electron chi connectivity index (χ4n) is 1.70. The first-order valence-electron chi connectivity index (χ1n) is 6.23. The van der Waals surface area contributed by atoms with Gasteiger partial charge < -0.3 is 10.4 Å². The molecule has 0 radical (unpaired) electrons. The lowest BCUT2D eigenvalue weighted by Gasteiger charge is -2.13. The zero-order valence-corrected chi connectivity index (χ0v) is 10.9. The number of nitrogens with one attached hydrogen (secondary N) is 1. The van der Waals surface area contributed by atoms with Crippen molar-refractivity contribution in [3.63, 3.8) is 0 Å². The van der Waals surface area contributed by atoms with Crippen LogP contribution in [0.2, 0.25) is 0 Å². The number of terminal acetylenes is 1. The molecule has 0 bridgehead atoms. The Morgan fingerprint density at radius 1 is 1.35 bits per heavy atom. The maximum atomic E-state index is 12.7. The molecule has 1 atom stereocenters. The fraction of sp³-hybridized carbons (Fsp3) is 0.333. The molecule has 1 aromatic carbocycles. The molecule has 2 N–H and O–H groups in total. The topological polar surface area (TPSA) is 66.4 Å². The van der Waals surface area contributed by atoms with E-state index in [0.717, 1.165) is 0 Å². The Kier molecular flexibility index (Phi) is 6.24. The molecule has 0 spiro atoms. The predicted octanol–water partition coefficient (Wildman–Crippen LogP) is 1.74. The van der Waals surface area contributed by atoms with E-state index in [9.17, 15) is 14.0 Å². The number of carboxylic acids is 1. The van der Waals surface area contributed by atoms with Crippen LogP contribution in [0.15, 0.2) is 24.3 Å². The second kappa shape index (κ2) is 7.95. The third-order valence-electron chi connectivity index (χ3n) is 2.73. The summed E-state index contributed by atoms with van der Waals surface area (Å²) in [4.78, 5) is 22.7. The molecule has 0 aliphatic rings. The Labute approximate surface area is 117 Å². The van der Waals surface area contributed by atoms with E-state index in [1.807, 2.05) is 0 Å². The minimum absolute atomic E-state index is 0.0131. The summed E-state index contributed by atoms with van der Waals surface area (Å²) < 4.78 is 12.7.